The molecule has 0 saturated carbocycles. The third-order valence-electron chi connectivity index (χ3n) is 1.34. The molecule has 0 unspecified atom stereocenters. The van der Waals surface area contributed by atoms with Gasteiger partial charge in [-0.3, -0.25) is 10.1 Å². The van der Waals surface area contributed by atoms with Gasteiger partial charge in [-0.05, 0) is 22.0 Å². The number of nitro benzene ring substituents is 1. The van der Waals surface area contributed by atoms with E-state index in [1.54, 1.807) is 0 Å². The summed E-state index contributed by atoms with van der Waals surface area (Å²) >= 11 is 3.02. The van der Waals surface area contributed by atoms with Crippen molar-refractivity contribution in [3.8, 4) is 5.75 Å². The minimum atomic E-state index is -1.09. The largest absolute Gasteiger partial charge is 0.454 e. The van der Waals surface area contributed by atoms with Crippen LogP contribution in [0.2, 0.25) is 0 Å². The van der Waals surface area contributed by atoms with Gasteiger partial charge >= 0.3 is 5.69 Å². The number of nitrogens with zero attached hydrogens (tertiary/aromatic N) is 1. The second-order valence-electron chi connectivity index (χ2n) is 2.10. The Labute approximate surface area is 81.6 Å². The van der Waals surface area contributed by atoms with Crippen LogP contribution < -0.4 is 4.74 Å². The molecule has 4 nitrogen and oxygen atoms in total. The van der Waals surface area contributed by atoms with E-state index in [9.17, 15) is 14.5 Å². The van der Waals surface area contributed by atoms with Crippen LogP contribution in [0.15, 0.2) is 22.7 Å². The fourth-order valence-electron chi connectivity index (χ4n) is 0.839. The van der Waals surface area contributed by atoms with E-state index in [0.717, 1.165) is 0 Å². The van der Waals surface area contributed by atoms with E-state index < -0.39 is 11.8 Å². The highest BCUT2D eigenvalue weighted by atomic mass is 79.9. The molecule has 0 aromatic heterocycles. The van der Waals surface area contributed by atoms with Gasteiger partial charge in [0, 0.05) is 6.07 Å². The van der Waals surface area contributed by atoms with Gasteiger partial charge in [-0.2, -0.15) is 0 Å². The average molecular weight is 250 g/mol. The summed E-state index contributed by atoms with van der Waals surface area (Å²) in [6, 6.07) is 4.26. The van der Waals surface area contributed by atoms with Gasteiger partial charge in [0.1, 0.15) is 0 Å². The molecule has 1 aromatic rings. The highest BCUT2D eigenvalue weighted by Gasteiger charge is 2.17. The maximum Gasteiger partial charge on any atom is 0.312 e. The van der Waals surface area contributed by atoms with Crippen LogP contribution in [-0.2, 0) is 0 Å². The van der Waals surface area contributed by atoms with E-state index in [0.29, 0.717) is 4.47 Å². The van der Waals surface area contributed by atoms with Crippen molar-refractivity contribution in [3.63, 3.8) is 0 Å². The lowest BCUT2D eigenvalue weighted by Crippen LogP contribution is -1.97. The van der Waals surface area contributed by atoms with Crippen molar-refractivity contribution in [1.82, 2.24) is 0 Å². The second kappa shape index (κ2) is 4.18. The fraction of sp³-hybridized carbons (Fsp3) is 0.143. The minimum Gasteiger partial charge on any atom is -0.454 e. The minimum absolute atomic E-state index is 0.0880. The maximum absolute atomic E-state index is 11.8. The molecule has 0 fully saturated rings. The molecule has 0 aliphatic heterocycles. The van der Waals surface area contributed by atoms with Crippen LogP contribution in [-0.4, -0.2) is 11.8 Å². The van der Waals surface area contributed by atoms with Crippen LogP contribution in [0.1, 0.15) is 0 Å². The summed E-state index contributed by atoms with van der Waals surface area (Å²) in [6.07, 6.45) is 0. The number of hydrogen-bond donors (Lipinski definition) is 0. The standard InChI is InChI=1S/C7H5BrFNO3/c8-5-2-1-3-6(10(11)12)7(5)13-4-9/h1-3H,4H2. The van der Waals surface area contributed by atoms with Crippen LogP contribution >= 0.6 is 15.9 Å². The Morgan fingerprint density at radius 3 is 2.85 bits per heavy atom. The van der Waals surface area contributed by atoms with E-state index in [2.05, 4.69) is 20.7 Å². The monoisotopic (exact) mass is 249 g/mol. The van der Waals surface area contributed by atoms with Gasteiger partial charge < -0.3 is 4.74 Å². The number of para-hydroxylation sites is 1. The SMILES string of the molecule is O=[N+]([O-])c1cccc(Br)c1OCF. The summed E-state index contributed by atoms with van der Waals surface area (Å²) in [7, 11) is 0. The molecule has 0 heterocycles. The van der Waals surface area contributed by atoms with Gasteiger partial charge in [0.15, 0.2) is 0 Å². The fourth-order valence-corrected chi connectivity index (χ4v) is 1.31. The summed E-state index contributed by atoms with van der Waals surface area (Å²) in [5, 5.41) is 10.4. The average Bonchev–Trinajstić information content (AvgIpc) is 2.08. The Balaban J connectivity index is 3.17. The van der Waals surface area contributed by atoms with E-state index in [-0.39, 0.29) is 11.4 Å². The molecule has 13 heavy (non-hydrogen) atoms. The van der Waals surface area contributed by atoms with Crippen molar-refractivity contribution in [2.75, 3.05) is 6.86 Å². The van der Waals surface area contributed by atoms with Crippen molar-refractivity contribution >= 4 is 21.6 Å². The van der Waals surface area contributed by atoms with Crippen molar-refractivity contribution in [2.45, 2.75) is 0 Å². The molecule has 0 radical (unpaired) electrons. The lowest BCUT2D eigenvalue weighted by molar-refractivity contribution is -0.386. The van der Waals surface area contributed by atoms with Gasteiger partial charge in [0.25, 0.3) is 0 Å². The van der Waals surface area contributed by atoms with E-state index in [1.807, 2.05) is 0 Å². The lowest BCUT2D eigenvalue weighted by atomic mass is 10.3. The zero-order chi connectivity index (χ0) is 9.84. The molecule has 0 N–H and O–H groups in total. The van der Waals surface area contributed by atoms with Crippen LogP contribution in [0.4, 0.5) is 10.1 Å². The first-order valence-corrected chi connectivity index (χ1v) is 4.07. The van der Waals surface area contributed by atoms with Crippen LogP contribution in [0.3, 0.4) is 0 Å². The Morgan fingerprint density at radius 2 is 2.31 bits per heavy atom. The summed E-state index contributed by atoms with van der Waals surface area (Å²) < 4.78 is 16.7. The molecule has 1 rings (SSSR count). The van der Waals surface area contributed by atoms with Crippen LogP contribution in [0.5, 0.6) is 5.75 Å². The predicted octanol–water partition coefficient (Wildman–Crippen LogP) is 2.66. The number of benzene rings is 1. The summed E-state index contributed by atoms with van der Waals surface area (Å²) in [6.45, 7) is -1.09. The van der Waals surface area contributed by atoms with Crippen LogP contribution in [0.25, 0.3) is 0 Å². The number of rotatable bonds is 3. The molecular formula is C7H5BrFNO3. The van der Waals surface area contributed by atoms with Crippen molar-refractivity contribution in [1.29, 1.82) is 0 Å². The zero-order valence-electron chi connectivity index (χ0n) is 6.37. The third kappa shape index (κ3) is 2.15. The predicted molar refractivity (Wildman–Crippen MR) is 47.4 cm³/mol. The topological polar surface area (TPSA) is 52.4 Å². The molecule has 6 heteroatoms. The molecule has 0 aliphatic carbocycles. The molecule has 70 valence electrons. The molecular weight excluding hydrogens is 245 g/mol. The second-order valence-corrected chi connectivity index (χ2v) is 2.95. The number of nitro groups is 1. The zero-order valence-corrected chi connectivity index (χ0v) is 7.95. The van der Waals surface area contributed by atoms with Gasteiger partial charge in [-0.1, -0.05) is 6.07 Å². The number of hydrogen-bond acceptors (Lipinski definition) is 3. The van der Waals surface area contributed by atoms with Gasteiger partial charge in [0.2, 0.25) is 12.6 Å². The van der Waals surface area contributed by atoms with Crippen molar-refractivity contribution in [3.05, 3.63) is 32.8 Å². The van der Waals surface area contributed by atoms with Crippen LogP contribution in [0, 0.1) is 10.1 Å². The first-order valence-electron chi connectivity index (χ1n) is 3.28. The van der Waals surface area contributed by atoms with Gasteiger partial charge in [-0.15, -0.1) is 0 Å². The van der Waals surface area contributed by atoms with Crippen molar-refractivity contribution < 1.29 is 14.1 Å². The van der Waals surface area contributed by atoms with E-state index >= 15 is 0 Å². The van der Waals surface area contributed by atoms with Gasteiger partial charge in [-0.25, -0.2) is 4.39 Å². The Kier molecular flexibility index (Phi) is 3.18. The quantitative estimate of drug-likeness (QED) is 0.612. The first-order chi connectivity index (χ1) is 6.16. The van der Waals surface area contributed by atoms with E-state index in [4.69, 9.17) is 0 Å². The Morgan fingerprint density at radius 1 is 1.62 bits per heavy atom. The number of halogens is 2. The molecule has 0 saturated heterocycles. The summed E-state index contributed by atoms with van der Waals surface area (Å²) in [4.78, 5) is 9.80. The molecule has 0 atom stereocenters. The number of alkyl halides is 1. The summed E-state index contributed by atoms with van der Waals surface area (Å²) in [5.74, 6) is -0.0880. The molecule has 0 amide bonds. The lowest BCUT2D eigenvalue weighted by Gasteiger charge is -2.03. The van der Waals surface area contributed by atoms with Crippen molar-refractivity contribution in [2.24, 2.45) is 0 Å². The highest BCUT2D eigenvalue weighted by molar-refractivity contribution is 9.10. The third-order valence-corrected chi connectivity index (χ3v) is 1.97. The van der Waals surface area contributed by atoms with Gasteiger partial charge in [0.05, 0.1) is 9.40 Å². The first kappa shape index (κ1) is 9.91. The van der Waals surface area contributed by atoms with E-state index in [1.165, 1.54) is 18.2 Å². The molecule has 0 aliphatic rings. The summed E-state index contributed by atoms with van der Waals surface area (Å²) in [5.41, 5.74) is -0.257. The molecule has 0 spiro atoms. The smallest absolute Gasteiger partial charge is 0.312 e. The Hall–Kier alpha value is -1.17. The number of ether oxygens (including phenoxy) is 1. The Bertz CT molecular complexity index is 332. The molecule has 0 bridgehead atoms. The normalized spacial score (nSPS) is 9.69. The highest BCUT2D eigenvalue weighted by Crippen LogP contribution is 2.34. The molecule has 1 aromatic carbocycles. The maximum atomic E-state index is 11.8.